The Labute approximate surface area is 115 Å². The summed E-state index contributed by atoms with van der Waals surface area (Å²) in [7, 11) is 1.68. The van der Waals surface area contributed by atoms with E-state index in [4.69, 9.17) is 0 Å². The maximum atomic E-state index is 11.5. The quantitative estimate of drug-likeness (QED) is 0.854. The lowest BCUT2D eigenvalue weighted by atomic mass is 9.73. The number of carbonyl (C=O) groups excluding carboxylic acids is 1. The van der Waals surface area contributed by atoms with Crippen molar-refractivity contribution in [1.82, 2.24) is 5.32 Å². The second kappa shape index (κ2) is 6.09. The molecule has 0 heterocycles. The summed E-state index contributed by atoms with van der Waals surface area (Å²) in [4.78, 5) is 11.5. The van der Waals surface area contributed by atoms with Crippen molar-refractivity contribution in [2.75, 3.05) is 12.4 Å². The number of nitrogens with one attached hydrogen (secondary N) is 2. The third kappa shape index (κ3) is 3.49. The van der Waals surface area contributed by atoms with Crippen molar-refractivity contribution >= 4 is 11.6 Å². The maximum Gasteiger partial charge on any atom is 0.224 e. The molecule has 0 spiro atoms. The zero-order chi connectivity index (χ0) is 13.8. The smallest absolute Gasteiger partial charge is 0.224 e. The van der Waals surface area contributed by atoms with E-state index in [9.17, 15) is 4.79 Å². The van der Waals surface area contributed by atoms with Gasteiger partial charge in [-0.2, -0.15) is 0 Å². The van der Waals surface area contributed by atoms with Crippen LogP contribution in [0.4, 0.5) is 5.69 Å². The molecule has 2 rings (SSSR count). The van der Waals surface area contributed by atoms with Crippen LogP contribution in [0.1, 0.15) is 32.3 Å². The van der Waals surface area contributed by atoms with Crippen molar-refractivity contribution in [2.24, 2.45) is 11.8 Å². The highest BCUT2D eigenvalue weighted by molar-refractivity contribution is 5.80. The molecule has 0 atom stereocenters. The first-order valence-electron chi connectivity index (χ1n) is 7.15. The minimum Gasteiger partial charge on any atom is -0.382 e. The molecule has 104 valence electrons. The van der Waals surface area contributed by atoms with Crippen LogP contribution in [0, 0.1) is 11.8 Å². The highest BCUT2D eigenvalue weighted by atomic mass is 16.1. The third-order valence-corrected chi connectivity index (χ3v) is 4.12. The van der Waals surface area contributed by atoms with E-state index in [1.165, 1.54) is 12.8 Å². The van der Waals surface area contributed by atoms with Gasteiger partial charge < -0.3 is 10.6 Å². The minimum atomic E-state index is 0.0583. The molecule has 1 fully saturated rings. The number of para-hydroxylation sites is 1. The van der Waals surface area contributed by atoms with Crippen LogP contribution < -0.4 is 10.6 Å². The topological polar surface area (TPSA) is 41.1 Å². The third-order valence-electron chi connectivity index (χ3n) is 4.12. The fourth-order valence-electron chi connectivity index (χ4n) is 2.62. The van der Waals surface area contributed by atoms with Crippen LogP contribution in [0.2, 0.25) is 0 Å². The number of rotatable bonds is 5. The Kier molecular flexibility index (Phi) is 4.46. The van der Waals surface area contributed by atoms with Gasteiger partial charge in [0, 0.05) is 18.8 Å². The van der Waals surface area contributed by atoms with Crippen molar-refractivity contribution < 1.29 is 4.79 Å². The molecule has 0 saturated heterocycles. The molecule has 1 aliphatic rings. The van der Waals surface area contributed by atoms with Gasteiger partial charge in [-0.25, -0.2) is 0 Å². The first-order valence-corrected chi connectivity index (χ1v) is 7.15. The van der Waals surface area contributed by atoms with E-state index >= 15 is 0 Å². The van der Waals surface area contributed by atoms with Crippen LogP contribution in [0.25, 0.3) is 0 Å². The van der Waals surface area contributed by atoms with E-state index in [-0.39, 0.29) is 5.91 Å². The fourth-order valence-corrected chi connectivity index (χ4v) is 2.62. The van der Waals surface area contributed by atoms with E-state index in [0.29, 0.717) is 12.5 Å². The lowest BCUT2D eigenvalue weighted by molar-refractivity contribution is -0.119. The van der Waals surface area contributed by atoms with E-state index in [2.05, 4.69) is 30.5 Å². The molecule has 0 aliphatic heterocycles. The lowest BCUT2D eigenvalue weighted by Crippen LogP contribution is -2.38. The average Bonchev–Trinajstić information content (AvgIpc) is 2.34. The summed E-state index contributed by atoms with van der Waals surface area (Å²) < 4.78 is 0. The van der Waals surface area contributed by atoms with Gasteiger partial charge in [0.25, 0.3) is 0 Å². The van der Waals surface area contributed by atoms with Gasteiger partial charge >= 0.3 is 0 Å². The Hall–Kier alpha value is -1.51. The second-order valence-corrected chi connectivity index (χ2v) is 5.82. The Morgan fingerprint density at radius 3 is 2.63 bits per heavy atom. The lowest BCUT2D eigenvalue weighted by Gasteiger charge is -2.39. The molecular formula is C16H24N2O. The summed E-state index contributed by atoms with van der Waals surface area (Å²) in [5, 5.41) is 6.26. The first kappa shape index (κ1) is 13.9. The first-order chi connectivity index (χ1) is 9.10. The highest BCUT2D eigenvalue weighted by Gasteiger charge is 2.31. The Bertz CT molecular complexity index is 436. The molecular weight excluding hydrogens is 236 g/mol. The number of likely N-dealkylation sites (N-methyl/N-ethyl adjacent to an activating group) is 1. The number of hydrogen-bond donors (Lipinski definition) is 2. The van der Waals surface area contributed by atoms with Crippen molar-refractivity contribution in [1.29, 1.82) is 0 Å². The Balaban J connectivity index is 1.95. The van der Waals surface area contributed by atoms with E-state index in [0.717, 1.165) is 23.1 Å². The summed E-state index contributed by atoms with van der Waals surface area (Å²) in [6.45, 7) is 4.58. The zero-order valence-corrected chi connectivity index (χ0v) is 12.1. The van der Waals surface area contributed by atoms with E-state index in [1.54, 1.807) is 7.05 Å². The summed E-state index contributed by atoms with van der Waals surface area (Å²) in [5.41, 5.74) is 2.19. The standard InChI is InChI=1S/C16H24N2O/c1-11(2)13-8-14(9-13)18-15-7-5-4-6-12(15)10-16(19)17-3/h4-7,11,13-14,18H,8-10H2,1-3H3,(H,17,19). The normalized spacial score (nSPS) is 21.9. The molecule has 3 heteroatoms. The summed E-state index contributed by atoms with van der Waals surface area (Å²) >= 11 is 0. The van der Waals surface area contributed by atoms with Gasteiger partial charge in [-0.15, -0.1) is 0 Å². The second-order valence-electron chi connectivity index (χ2n) is 5.82. The van der Waals surface area contributed by atoms with E-state index < -0.39 is 0 Å². The summed E-state index contributed by atoms with van der Waals surface area (Å²) in [5.74, 6) is 1.69. The Morgan fingerprint density at radius 1 is 1.32 bits per heavy atom. The zero-order valence-electron chi connectivity index (χ0n) is 12.1. The molecule has 1 saturated carbocycles. The van der Waals surface area contributed by atoms with Gasteiger partial charge in [-0.3, -0.25) is 4.79 Å². The largest absolute Gasteiger partial charge is 0.382 e. The van der Waals surface area contributed by atoms with Gasteiger partial charge in [-0.05, 0) is 36.3 Å². The highest BCUT2D eigenvalue weighted by Crippen LogP contribution is 2.36. The SMILES string of the molecule is CNC(=O)Cc1ccccc1NC1CC(C(C)C)C1. The predicted molar refractivity (Wildman–Crippen MR) is 79.2 cm³/mol. The van der Waals surface area contributed by atoms with Gasteiger partial charge in [0.1, 0.15) is 0 Å². The van der Waals surface area contributed by atoms with Crippen molar-refractivity contribution in [2.45, 2.75) is 39.2 Å². The van der Waals surface area contributed by atoms with Crippen LogP contribution in [0.3, 0.4) is 0 Å². The van der Waals surface area contributed by atoms with Crippen molar-refractivity contribution in [3.8, 4) is 0 Å². The summed E-state index contributed by atoms with van der Waals surface area (Å²) in [6.07, 6.45) is 2.93. The van der Waals surface area contributed by atoms with Gasteiger partial charge in [0.05, 0.1) is 6.42 Å². The molecule has 0 unspecified atom stereocenters. The molecule has 1 amide bonds. The van der Waals surface area contributed by atoms with Crippen LogP contribution >= 0.6 is 0 Å². The number of hydrogen-bond acceptors (Lipinski definition) is 2. The van der Waals surface area contributed by atoms with Gasteiger partial charge in [-0.1, -0.05) is 32.0 Å². The predicted octanol–water partition coefficient (Wildman–Crippen LogP) is 2.82. The average molecular weight is 260 g/mol. The minimum absolute atomic E-state index is 0.0583. The summed E-state index contributed by atoms with van der Waals surface area (Å²) in [6, 6.07) is 8.67. The fraction of sp³-hybridized carbons (Fsp3) is 0.562. The van der Waals surface area contributed by atoms with Crippen LogP contribution in [0.15, 0.2) is 24.3 Å². The van der Waals surface area contributed by atoms with Crippen LogP contribution in [0.5, 0.6) is 0 Å². The molecule has 1 aromatic carbocycles. The van der Waals surface area contributed by atoms with Crippen molar-refractivity contribution in [3.63, 3.8) is 0 Å². The van der Waals surface area contributed by atoms with Crippen molar-refractivity contribution in [3.05, 3.63) is 29.8 Å². The van der Waals surface area contributed by atoms with Crippen LogP contribution in [-0.4, -0.2) is 19.0 Å². The van der Waals surface area contributed by atoms with Crippen LogP contribution in [-0.2, 0) is 11.2 Å². The molecule has 0 aromatic heterocycles. The molecule has 1 aromatic rings. The number of anilines is 1. The molecule has 1 aliphatic carbocycles. The molecule has 2 N–H and O–H groups in total. The number of amides is 1. The maximum absolute atomic E-state index is 11.5. The molecule has 3 nitrogen and oxygen atoms in total. The molecule has 0 bridgehead atoms. The molecule has 0 radical (unpaired) electrons. The van der Waals surface area contributed by atoms with Gasteiger partial charge in [0.2, 0.25) is 5.91 Å². The van der Waals surface area contributed by atoms with E-state index in [1.807, 2.05) is 18.2 Å². The Morgan fingerprint density at radius 2 is 2.00 bits per heavy atom. The monoisotopic (exact) mass is 260 g/mol. The molecule has 19 heavy (non-hydrogen) atoms. The number of benzene rings is 1. The van der Waals surface area contributed by atoms with Gasteiger partial charge in [0.15, 0.2) is 0 Å². The number of carbonyl (C=O) groups is 1.